The van der Waals surface area contributed by atoms with E-state index in [1.807, 2.05) is 0 Å². The van der Waals surface area contributed by atoms with Crippen LogP contribution in [0, 0.1) is 17.8 Å². The van der Waals surface area contributed by atoms with Crippen LogP contribution in [0.1, 0.15) is 19.3 Å². The summed E-state index contributed by atoms with van der Waals surface area (Å²) in [6.07, 6.45) is 7.43. The molecule has 0 spiro atoms. The average molecular weight is 152 g/mol. The fraction of sp³-hybridized carbons (Fsp3) is 0.667. The molecule has 0 heterocycles. The summed E-state index contributed by atoms with van der Waals surface area (Å²) in [5.74, 6) is 0.196. The molecule has 0 aromatic heterocycles. The maximum Gasteiger partial charge on any atom is 0.307 e. The highest BCUT2D eigenvalue weighted by atomic mass is 16.4. The molecule has 1 N–H and O–H groups in total. The average Bonchev–Trinajstić information content (AvgIpc) is 2.06. The molecule has 0 aliphatic heterocycles. The highest BCUT2D eigenvalue weighted by Crippen LogP contribution is 2.40. The summed E-state index contributed by atoms with van der Waals surface area (Å²) in [6, 6.07) is 0. The molecule has 2 bridgehead atoms. The molecule has 2 heteroatoms. The van der Waals surface area contributed by atoms with Crippen molar-refractivity contribution in [1.29, 1.82) is 0 Å². The van der Waals surface area contributed by atoms with E-state index >= 15 is 0 Å². The number of carboxylic acids is 1. The van der Waals surface area contributed by atoms with Gasteiger partial charge in [-0.05, 0) is 31.1 Å². The van der Waals surface area contributed by atoms with Crippen molar-refractivity contribution in [2.45, 2.75) is 19.3 Å². The van der Waals surface area contributed by atoms with Crippen molar-refractivity contribution in [2.75, 3.05) is 0 Å². The summed E-state index contributed by atoms with van der Waals surface area (Å²) in [4.78, 5) is 10.7. The highest BCUT2D eigenvalue weighted by molar-refractivity contribution is 5.71. The zero-order valence-electron chi connectivity index (χ0n) is 6.36. The summed E-state index contributed by atoms with van der Waals surface area (Å²) < 4.78 is 0. The number of hydrogen-bond donors (Lipinski definition) is 1. The van der Waals surface area contributed by atoms with Crippen LogP contribution in [0.5, 0.6) is 0 Å². The van der Waals surface area contributed by atoms with Gasteiger partial charge in [0, 0.05) is 0 Å². The smallest absolute Gasteiger partial charge is 0.307 e. The summed E-state index contributed by atoms with van der Waals surface area (Å²) >= 11 is 0. The Hall–Kier alpha value is -0.790. The van der Waals surface area contributed by atoms with E-state index in [9.17, 15) is 4.79 Å². The maximum atomic E-state index is 10.7. The van der Waals surface area contributed by atoms with Crippen molar-refractivity contribution in [3.63, 3.8) is 0 Å². The van der Waals surface area contributed by atoms with Gasteiger partial charge in [-0.15, -0.1) is 0 Å². The number of rotatable bonds is 1. The summed E-state index contributed by atoms with van der Waals surface area (Å²) in [5, 5.41) is 8.83. The molecule has 0 amide bonds. The lowest BCUT2D eigenvalue weighted by atomic mass is 9.69. The SMILES string of the molecule is O=C(O)[C@H]1CC2C=CC1CC2. The third-order valence-electron chi connectivity index (χ3n) is 2.89. The van der Waals surface area contributed by atoms with E-state index in [0.717, 1.165) is 12.8 Å². The van der Waals surface area contributed by atoms with Crippen LogP contribution in [0.3, 0.4) is 0 Å². The maximum absolute atomic E-state index is 10.7. The Labute approximate surface area is 65.9 Å². The molecule has 0 saturated heterocycles. The van der Waals surface area contributed by atoms with Gasteiger partial charge in [0.25, 0.3) is 0 Å². The van der Waals surface area contributed by atoms with Crippen LogP contribution in [0.4, 0.5) is 0 Å². The lowest BCUT2D eigenvalue weighted by Gasteiger charge is -2.35. The van der Waals surface area contributed by atoms with E-state index in [-0.39, 0.29) is 5.92 Å². The van der Waals surface area contributed by atoms with E-state index < -0.39 is 5.97 Å². The molecule has 1 saturated carbocycles. The summed E-state index contributed by atoms with van der Waals surface area (Å²) in [5.41, 5.74) is 0. The fourth-order valence-corrected chi connectivity index (χ4v) is 2.22. The minimum Gasteiger partial charge on any atom is -0.481 e. The quantitative estimate of drug-likeness (QED) is 0.580. The van der Waals surface area contributed by atoms with Crippen molar-refractivity contribution in [2.24, 2.45) is 17.8 Å². The molecule has 60 valence electrons. The number of aliphatic carboxylic acids is 1. The van der Waals surface area contributed by atoms with E-state index in [2.05, 4.69) is 12.2 Å². The first-order valence-electron chi connectivity index (χ1n) is 4.18. The third kappa shape index (κ3) is 1.06. The Kier molecular flexibility index (Phi) is 1.48. The van der Waals surface area contributed by atoms with Crippen molar-refractivity contribution >= 4 is 5.97 Å². The number of allylic oxidation sites excluding steroid dienone is 2. The minimum absolute atomic E-state index is 0.0845. The van der Waals surface area contributed by atoms with Crippen LogP contribution in [0.2, 0.25) is 0 Å². The number of carboxylic acid groups (broad SMARTS) is 1. The van der Waals surface area contributed by atoms with Gasteiger partial charge >= 0.3 is 5.97 Å². The lowest BCUT2D eigenvalue weighted by molar-refractivity contribution is -0.144. The van der Waals surface area contributed by atoms with Gasteiger partial charge in [0.1, 0.15) is 0 Å². The molecule has 1 fully saturated rings. The first-order valence-corrected chi connectivity index (χ1v) is 4.18. The largest absolute Gasteiger partial charge is 0.481 e. The Morgan fingerprint density at radius 1 is 1.36 bits per heavy atom. The van der Waals surface area contributed by atoms with Gasteiger partial charge in [-0.1, -0.05) is 12.2 Å². The second-order valence-electron chi connectivity index (χ2n) is 3.57. The van der Waals surface area contributed by atoms with Crippen LogP contribution in [0.25, 0.3) is 0 Å². The van der Waals surface area contributed by atoms with Crippen LogP contribution in [-0.4, -0.2) is 11.1 Å². The molecular weight excluding hydrogens is 140 g/mol. The topological polar surface area (TPSA) is 37.3 Å². The molecule has 11 heavy (non-hydrogen) atoms. The first kappa shape index (κ1) is 6.89. The Balaban J connectivity index is 2.17. The Morgan fingerprint density at radius 3 is 2.45 bits per heavy atom. The molecule has 2 nitrogen and oxygen atoms in total. The van der Waals surface area contributed by atoms with Crippen molar-refractivity contribution < 1.29 is 9.90 Å². The van der Waals surface area contributed by atoms with Crippen LogP contribution < -0.4 is 0 Å². The van der Waals surface area contributed by atoms with Gasteiger partial charge < -0.3 is 5.11 Å². The van der Waals surface area contributed by atoms with Gasteiger partial charge in [0.05, 0.1) is 5.92 Å². The molecule has 3 rings (SSSR count). The summed E-state index contributed by atoms with van der Waals surface area (Å²) in [6.45, 7) is 0. The third-order valence-corrected chi connectivity index (χ3v) is 2.89. The van der Waals surface area contributed by atoms with E-state index in [1.54, 1.807) is 0 Å². The highest BCUT2D eigenvalue weighted by Gasteiger charge is 2.35. The standard InChI is InChI=1S/C9H12O2/c10-9(11)8-5-6-1-3-7(8)4-2-6/h1,3,6-8H,2,4-5H2,(H,10,11)/t6?,7?,8-/m0/s1. The van der Waals surface area contributed by atoms with Crippen molar-refractivity contribution in [3.05, 3.63) is 12.2 Å². The molecule has 3 aliphatic rings. The van der Waals surface area contributed by atoms with E-state index in [1.165, 1.54) is 6.42 Å². The van der Waals surface area contributed by atoms with Crippen molar-refractivity contribution in [1.82, 2.24) is 0 Å². The Morgan fingerprint density at radius 2 is 2.18 bits per heavy atom. The van der Waals surface area contributed by atoms with Crippen molar-refractivity contribution in [3.8, 4) is 0 Å². The number of fused-ring (bicyclic) bond motifs is 2. The number of hydrogen-bond acceptors (Lipinski definition) is 1. The molecule has 3 atom stereocenters. The van der Waals surface area contributed by atoms with E-state index in [4.69, 9.17) is 5.11 Å². The van der Waals surface area contributed by atoms with Gasteiger partial charge in [-0.25, -0.2) is 0 Å². The normalized spacial score (nSPS) is 40.9. The second kappa shape index (κ2) is 2.36. The molecule has 0 radical (unpaired) electrons. The van der Waals surface area contributed by atoms with Crippen LogP contribution >= 0.6 is 0 Å². The zero-order chi connectivity index (χ0) is 7.84. The predicted octanol–water partition coefficient (Wildman–Crippen LogP) is 1.67. The molecule has 0 aromatic rings. The molecule has 3 aliphatic carbocycles. The van der Waals surface area contributed by atoms with Crippen LogP contribution in [0.15, 0.2) is 12.2 Å². The first-order chi connectivity index (χ1) is 5.27. The number of carbonyl (C=O) groups is 1. The minimum atomic E-state index is -0.607. The van der Waals surface area contributed by atoms with E-state index in [0.29, 0.717) is 11.8 Å². The molecule has 0 aromatic carbocycles. The van der Waals surface area contributed by atoms with Crippen LogP contribution in [-0.2, 0) is 4.79 Å². The summed E-state index contributed by atoms with van der Waals surface area (Å²) in [7, 11) is 0. The van der Waals surface area contributed by atoms with Gasteiger partial charge in [0.15, 0.2) is 0 Å². The molecular formula is C9H12O2. The second-order valence-corrected chi connectivity index (χ2v) is 3.57. The Bertz CT molecular complexity index is 208. The zero-order valence-corrected chi connectivity index (χ0v) is 6.36. The monoisotopic (exact) mass is 152 g/mol. The van der Waals surface area contributed by atoms with Gasteiger partial charge in [0.2, 0.25) is 0 Å². The van der Waals surface area contributed by atoms with Gasteiger partial charge in [-0.3, -0.25) is 4.79 Å². The van der Waals surface area contributed by atoms with Gasteiger partial charge in [-0.2, -0.15) is 0 Å². The lowest BCUT2D eigenvalue weighted by Crippen LogP contribution is -2.32. The predicted molar refractivity (Wildman–Crippen MR) is 41.1 cm³/mol. The fourth-order valence-electron chi connectivity index (χ4n) is 2.22. The molecule has 2 unspecified atom stereocenters.